The third kappa shape index (κ3) is 4.04. The number of unbranched alkanes of at least 4 members (excludes halogenated alkanes) is 1. The highest BCUT2D eigenvalue weighted by Crippen LogP contribution is 2.36. The lowest BCUT2D eigenvalue weighted by molar-refractivity contribution is -0.115. The number of rotatable bonds is 6. The summed E-state index contributed by atoms with van der Waals surface area (Å²) in [4.78, 5) is 23.2. The highest BCUT2D eigenvalue weighted by Gasteiger charge is 2.25. The summed E-state index contributed by atoms with van der Waals surface area (Å²) in [5.41, 5.74) is 0.699. The molecule has 1 aromatic rings. The number of nitrogens with one attached hydrogen (secondary N) is 1. The van der Waals surface area contributed by atoms with Crippen LogP contribution in [0.15, 0.2) is 21.5 Å². The molecule has 1 aliphatic rings. The molecule has 5 nitrogen and oxygen atoms in total. The van der Waals surface area contributed by atoms with Crippen molar-refractivity contribution < 1.29 is 19.1 Å². The Bertz CT molecular complexity index is 630. The van der Waals surface area contributed by atoms with Crippen molar-refractivity contribution in [2.45, 2.75) is 19.8 Å². The fourth-order valence-corrected chi connectivity index (χ4v) is 2.99. The van der Waals surface area contributed by atoms with E-state index in [1.54, 1.807) is 19.3 Å². The predicted octanol–water partition coefficient (Wildman–Crippen LogP) is 3.96. The second-order valence-corrected chi connectivity index (χ2v) is 6.45. The van der Waals surface area contributed by atoms with Crippen LogP contribution in [0.3, 0.4) is 0 Å². The van der Waals surface area contributed by atoms with Crippen LogP contribution >= 0.6 is 27.7 Å². The first kappa shape index (κ1) is 16.9. The Balaban J connectivity index is 2.28. The lowest BCUT2D eigenvalue weighted by Crippen LogP contribution is -2.17. The van der Waals surface area contributed by atoms with Crippen LogP contribution in [0.2, 0.25) is 0 Å². The number of halogens is 1. The highest BCUT2D eigenvalue weighted by molar-refractivity contribution is 9.10. The molecule has 0 aromatic heterocycles. The molecule has 1 N–H and O–H groups in total. The van der Waals surface area contributed by atoms with Crippen LogP contribution in [0, 0.1) is 0 Å². The van der Waals surface area contributed by atoms with E-state index >= 15 is 0 Å². The normalized spacial score (nSPS) is 16.0. The summed E-state index contributed by atoms with van der Waals surface area (Å²) in [6, 6.07) is 3.58. The predicted molar refractivity (Wildman–Crippen MR) is 90.2 cm³/mol. The van der Waals surface area contributed by atoms with Crippen LogP contribution in [-0.4, -0.2) is 24.9 Å². The minimum atomic E-state index is -0.392. The lowest BCUT2D eigenvalue weighted by atomic mass is 10.1. The SMILES string of the molecule is CCCCOc1cc(OC)c(/C=C2\SC(=O)NC2=O)cc1Br. The summed E-state index contributed by atoms with van der Waals surface area (Å²) in [6.45, 7) is 2.73. The second-order valence-electron chi connectivity index (χ2n) is 4.58. The second kappa shape index (κ2) is 7.69. The van der Waals surface area contributed by atoms with Gasteiger partial charge in [-0.15, -0.1) is 0 Å². The quantitative estimate of drug-likeness (QED) is 0.592. The maximum absolute atomic E-state index is 11.6. The first-order valence-electron chi connectivity index (χ1n) is 6.80. The van der Waals surface area contributed by atoms with Crippen molar-refractivity contribution in [2.24, 2.45) is 0 Å². The minimum absolute atomic E-state index is 0.342. The molecule has 0 bridgehead atoms. The Kier molecular flexibility index (Phi) is 5.90. The van der Waals surface area contributed by atoms with Crippen molar-refractivity contribution in [3.63, 3.8) is 0 Å². The molecule has 1 heterocycles. The number of methoxy groups -OCH3 is 1. The summed E-state index contributed by atoms with van der Waals surface area (Å²) < 4.78 is 11.8. The van der Waals surface area contributed by atoms with E-state index in [-0.39, 0.29) is 5.24 Å². The lowest BCUT2D eigenvalue weighted by Gasteiger charge is -2.12. The van der Waals surface area contributed by atoms with Crippen molar-refractivity contribution in [3.05, 3.63) is 27.1 Å². The molecular formula is C15H16BrNO4S. The summed E-state index contributed by atoms with van der Waals surface area (Å²) in [5.74, 6) is 0.874. The standard InChI is InChI=1S/C15H16BrNO4S/c1-3-4-5-21-12-8-11(20-2)9(6-10(12)16)7-13-14(18)17-15(19)22-13/h6-8H,3-5H2,1-2H3,(H,17,18,19)/b13-7-. The number of hydrogen-bond donors (Lipinski definition) is 1. The Morgan fingerprint density at radius 1 is 1.32 bits per heavy atom. The van der Waals surface area contributed by atoms with Crippen molar-refractivity contribution >= 4 is 44.9 Å². The summed E-state index contributed by atoms with van der Waals surface area (Å²) in [5, 5.41) is 1.86. The van der Waals surface area contributed by atoms with Gasteiger partial charge in [0.15, 0.2) is 0 Å². The number of amides is 2. The van der Waals surface area contributed by atoms with Crippen molar-refractivity contribution in [2.75, 3.05) is 13.7 Å². The van der Waals surface area contributed by atoms with Gasteiger partial charge < -0.3 is 9.47 Å². The first-order valence-corrected chi connectivity index (χ1v) is 8.41. The third-order valence-corrected chi connectivity index (χ3v) is 4.40. The van der Waals surface area contributed by atoms with E-state index in [0.29, 0.717) is 28.6 Å². The number of ether oxygens (including phenoxy) is 2. The van der Waals surface area contributed by atoms with E-state index in [1.807, 2.05) is 6.07 Å². The molecular weight excluding hydrogens is 370 g/mol. The average Bonchev–Trinajstić information content (AvgIpc) is 2.79. The molecule has 1 aromatic carbocycles. The van der Waals surface area contributed by atoms with Crippen LogP contribution in [0.1, 0.15) is 25.3 Å². The highest BCUT2D eigenvalue weighted by atomic mass is 79.9. The van der Waals surface area contributed by atoms with E-state index < -0.39 is 5.91 Å². The molecule has 22 heavy (non-hydrogen) atoms. The Morgan fingerprint density at radius 3 is 2.68 bits per heavy atom. The summed E-state index contributed by atoms with van der Waals surface area (Å²) in [7, 11) is 1.55. The summed E-state index contributed by atoms with van der Waals surface area (Å²) >= 11 is 4.33. The zero-order valence-corrected chi connectivity index (χ0v) is 14.7. The van der Waals surface area contributed by atoms with Gasteiger partial charge in [0, 0.05) is 11.6 Å². The fourth-order valence-electron chi connectivity index (χ4n) is 1.84. The smallest absolute Gasteiger partial charge is 0.290 e. The van der Waals surface area contributed by atoms with Gasteiger partial charge in [-0.05, 0) is 46.3 Å². The summed E-state index contributed by atoms with van der Waals surface area (Å²) in [6.07, 6.45) is 3.66. The van der Waals surface area contributed by atoms with Gasteiger partial charge in [0.2, 0.25) is 0 Å². The maximum atomic E-state index is 11.6. The molecule has 0 spiro atoms. The number of carbonyl (C=O) groups is 2. The molecule has 1 saturated heterocycles. The number of imide groups is 1. The Labute approximate surface area is 141 Å². The van der Waals surface area contributed by atoms with Crippen molar-refractivity contribution in [3.8, 4) is 11.5 Å². The molecule has 7 heteroatoms. The Morgan fingerprint density at radius 2 is 2.09 bits per heavy atom. The van der Waals surface area contributed by atoms with Crippen LogP contribution in [0.5, 0.6) is 11.5 Å². The number of thioether (sulfide) groups is 1. The van der Waals surface area contributed by atoms with Gasteiger partial charge in [0.25, 0.3) is 11.1 Å². The number of benzene rings is 1. The van der Waals surface area contributed by atoms with Gasteiger partial charge in [0.05, 0.1) is 23.1 Å². The van der Waals surface area contributed by atoms with E-state index in [0.717, 1.165) is 29.1 Å². The molecule has 0 atom stereocenters. The molecule has 2 amide bonds. The van der Waals surface area contributed by atoms with Crippen LogP contribution in [0.25, 0.3) is 6.08 Å². The van der Waals surface area contributed by atoms with Gasteiger partial charge in [-0.1, -0.05) is 13.3 Å². The van der Waals surface area contributed by atoms with Gasteiger partial charge in [0.1, 0.15) is 11.5 Å². The van der Waals surface area contributed by atoms with E-state index in [1.165, 1.54) is 0 Å². The van der Waals surface area contributed by atoms with Gasteiger partial charge in [-0.25, -0.2) is 0 Å². The van der Waals surface area contributed by atoms with Gasteiger partial charge in [-0.2, -0.15) is 0 Å². The van der Waals surface area contributed by atoms with Gasteiger partial charge in [-0.3, -0.25) is 14.9 Å². The molecule has 1 aliphatic heterocycles. The number of carbonyl (C=O) groups excluding carboxylic acids is 2. The largest absolute Gasteiger partial charge is 0.496 e. The molecule has 0 unspecified atom stereocenters. The van der Waals surface area contributed by atoms with Crippen LogP contribution in [-0.2, 0) is 4.79 Å². The third-order valence-electron chi connectivity index (χ3n) is 2.97. The molecule has 0 aliphatic carbocycles. The molecule has 0 saturated carbocycles. The zero-order valence-electron chi connectivity index (χ0n) is 12.3. The monoisotopic (exact) mass is 385 g/mol. The Hall–Kier alpha value is -1.47. The molecule has 1 fully saturated rings. The fraction of sp³-hybridized carbons (Fsp3) is 0.333. The average molecular weight is 386 g/mol. The first-order chi connectivity index (χ1) is 10.5. The van der Waals surface area contributed by atoms with Crippen LogP contribution in [0.4, 0.5) is 4.79 Å². The molecule has 2 rings (SSSR count). The van der Waals surface area contributed by atoms with E-state index in [9.17, 15) is 9.59 Å². The molecule has 0 radical (unpaired) electrons. The van der Waals surface area contributed by atoms with Crippen molar-refractivity contribution in [1.82, 2.24) is 5.32 Å². The van der Waals surface area contributed by atoms with Crippen molar-refractivity contribution in [1.29, 1.82) is 0 Å². The minimum Gasteiger partial charge on any atom is -0.496 e. The van der Waals surface area contributed by atoms with Gasteiger partial charge >= 0.3 is 0 Å². The zero-order chi connectivity index (χ0) is 16.1. The topological polar surface area (TPSA) is 64.6 Å². The maximum Gasteiger partial charge on any atom is 0.290 e. The van der Waals surface area contributed by atoms with E-state index in [2.05, 4.69) is 28.2 Å². The van der Waals surface area contributed by atoms with E-state index in [4.69, 9.17) is 9.47 Å². The molecule has 118 valence electrons. The van der Waals surface area contributed by atoms with Crippen LogP contribution < -0.4 is 14.8 Å². The number of hydrogen-bond acceptors (Lipinski definition) is 5.